The fourth-order valence-corrected chi connectivity index (χ4v) is 2.88. The van der Waals surface area contributed by atoms with Crippen LogP contribution in [0.15, 0.2) is 18.2 Å². The fourth-order valence-electron chi connectivity index (χ4n) is 2.88. The van der Waals surface area contributed by atoms with Crippen LogP contribution in [0.3, 0.4) is 0 Å². The minimum atomic E-state index is -0.361. The number of hydrazine groups is 1. The molecule has 0 atom stereocenters. The van der Waals surface area contributed by atoms with Crippen LogP contribution in [0.4, 0.5) is 0 Å². The third-order valence-electron chi connectivity index (χ3n) is 4.30. The van der Waals surface area contributed by atoms with E-state index in [1.54, 1.807) is 0 Å². The summed E-state index contributed by atoms with van der Waals surface area (Å²) in [5.74, 6) is 0.855. The summed E-state index contributed by atoms with van der Waals surface area (Å²) in [6.07, 6.45) is 6.37. The molecule has 1 fully saturated rings. The maximum absolute atomic E-state index is 11.7. The lowest BCUT2D eigenvalue weighted by molar-refractivity contribution is -0.130. The molecule has 0 aromatic heterocycles. The lowest BCUT2D eigenvalue weighted by atomic mass is 10.0. The first-order valence-corrected chi connectivity index (χ1v) is 8.32. The maximum atomic E-state index is 11.7. The number of amides is 2. The third kappa shape index (κ3) is 5.93. The van der Waals surface area contributed by atoms with Gasteiger partial charge in [-0.3, -0.25) is 20.4 Å². The number of carbonyl (C=O) groups excluding carboxylic acids is 2. The summed E-state index contributed by atoms with van der Waals surface area (Å²) in [5.41, 5.74) is 6.90. The van der Waals surface area contributed by atoms with Crippen molar-refractivity contribution in [3.63, 3.8) is 0 Å². The van der Waals surface area contributed by atoms with Crippen LogP contribution in [0.1, 0.15) is 49.7 Å². The highest BCUT2D eigenvalue weighted by molar-refractivity contribution is 5.82. The average Bonchev–Trinajstić information content (AvgIpc) is 3.05. The van der Waals surface area contributed by atoms with Gasteiger partial charge in [-0.1, -0.05) is 37.8 Å². The SMILES string of the molecule is Cc1ccc(C)c(OCC(=O)NNC(=O)CCC2CCCC2)c1. The molecule has 5 heteroatoms. The molecular weight excluding hydrogens is 292 g/mol. The van der Waals surface area contributed by atoms with Gasteiger partial charge in [0.2, 0.25) is 5.91 Å². The molecule has 0 heterocycles. The van der Waals surface area contributed by atoms with E-state index < -0.39 is 0 Å². The Labute approximate surface area is 137 Å². The summed E-state index contributed by atoms with van der Waals surface area (Å²) in [6.45, 7) is 3.78. The van der Waals surface area contributed by atoms with Gasteiger partial charge in [-0.2, -0.15) is 0 Å². The summed E-state index contributed by atoms with van der Waals surface area (Å²) >= 11 is 0. The van der Waals surface area contributed by atoms with Crippen molar-refractivity contribution in [3.8, 4) is 5.75 Å². The van der Waals surface area contributed by atoms with Crippen LogP contribution in [0.25, 0.3) is 0 Å². The zero-order chi connectivity index (χ0) is 16.7. The minimum Gasteiger partial charge on any atom is -0.483 e. The maximum Gasteiger partial charge on any atom is 0.276 e. The molecule has 0 aliphatic heterocycles. The van der Waals surface area contributed by atoms with Crippen LogP contribution in [0, 0.1) is 19.8 Å². The molecule has 126 valence electrons. The predicted octanol–water partition coefficient (Wildman–Crippen LogP) is 2.80. The molecule has 1 aromatic carbocycles. The highest BCUT2D eigenvalue weighted by Crippen LogP contribution is 2.28. The zero-order valence-corrected chi connectivity index (χ0v) is 14.0. The van der Waals surface area contributed by atoms with Crippen LogP contribution in [-0.2, 0) is 9.59 Å². The summed E-state index contributed by atoms with van der Waals surface area (Å²) in [5, 5.41) is 0. The molecule has 1 aliphatic carbocycles. The minimum absolute atomic E-state index is 0.118. The molecule has 1 aliphatic rings. The number of hydrogen-bond acceptors (Lipinski definition) is 3. The van der Waals surface area contributed by atoms with E-state index in [0.717, 1.165) is 17.5 Å². The van der Waals surface area contributed by atoms with Crippen LogP contribution in [0.2, 0.25) is 0 Å². The Hall–Kier alpha value is -2.04. The van der Waals surface area contributed by atoms with Crippen molar-refractivity contribution in [2.75, 3.05) is 6.61 Å². The van der Waals surface area contributed by atoms with Gasteiger partial charge in [0, 0.05) is 6.42 Å². The molecule has 2 amide bonds. The van der Waals surface area contributed by atoms with E-state index in [0.29, 0.717) is 18.1 Å². The standard InChI is InChI=1S/C18H26N2O3/c1-13-7-8-14(2)16(11-13)23-12-18(22)20-19-17(21)10-9-15-5-3-4-6-15/h7-8,11,15H,3-6,9-10,12H2,1-2H3,(H,19,21)(H,20,22). The van der Waals surface area contributed by atoms with Gasteiger partial charge in [-0.05, 0) is 43.4 Å². The molecule has 0 bridgehead atoms. The molecule has 0 saturated heterocycles. The summed E-state index contributed by atoms with van der Waals surface area (Å²) in [7, 11) is 0. The van der Waals surface area contributed by atoms with Crippen molar-refractivity contribution >= 4 is 11.8 Å². The van der Waals surface area contributed by atoms with Crippen LogP contribution >= 0.6 is 0 Å². The number of rotatable bonds is 6. The molecular formula is C18H26N2O3. The number of hydrogen-bond donors (Lipinski definition) is 2. The topological polar surface area (TPSA) is 67.4 Å². The molecule has 1 saturated carbocycles. The average molecular weight is 318 g/mol. The molecule has 5 nitrogen and oxygen atoms in total. The Morgan fingerprint density at radius 1 is 1.13 bits per heavy atom. The third-order valence-corrected chi connectivity index (χ3v) is 4.30. The number of aryl methyl sites for hydroxylation is 2. The normalized spacial score (nSPS) is 14.5. The molecule has 2 N–H and O–H groups in total. The van der Waals surface area contributed by atoms with E-state index in [2.05, 4.69) is 10.9 Å². The second kappa shape index (κ2) is 8.56. The highest BCUT2D eigenvalue weighted by atomic mass is 16.5. The van der Waals surface area contributed by atoms with Gasteiger partial charge >= 0.3 is 0 Å². The van der Waals surface area contributed by atoms with Crippen LogP contribution < -0.4 is 15.6 Å². The van der Waals surface area contributed by atoms with Crippen LogP contribution in [0.5, 0.6) is 5.75 Å². The van der Waals surface area contributed by atoms with Gasteiger partial charge in [0.1, 0.15) is 5.75 Å². The Morgan fingerprint density at radius 3 is 2.57 bits per heavy atom. The van der Waals surface area contributed by atoms with Gasteiger partial charge in [0.05, 0.1) is 0 Å². The molecule has 1 aromatic rings. The van der Waals surface area contributed by atoms with Crippen molar-refractivity contribution in [2.24, 2.45) is 5.92 Å². The fraction of sp³-hybridized carbons (Fsp3) is 0.556. The van der Waals surface area contributed by atoms with Gasteiger partial charge in [0.15, 0.2) is 6.61 Å². The second-order valence-electron chi connectivity index (χ2n) is 6.34. The summed E-state index contributed by atoms with van der Waals surface area (Å²) in [6, 6.07) is 5.84. The Bertz CT molecular complexity index is 551. The number of nitrogens with one attached hydrogen (secondary N) is 2. The summed E-state index contributed by atoms with van der Waals surface area (Å²) < 4.78 is 5.49. The lowest BCUT2D eigenvalue weighted by Crippen LogP contribution is -2.43. The van der Waals surface area contributed by atoms with Gasteiger partial charge in [-0.25, -0.2) is 0 Å². The first kappa shape index (κ1) is 17.3. The van der Waals surface area contributed by atoms with E-state index in [4.69, 9.17) is 4.74 Å². The lowest BCUT2D eigenvalue weighted by Gasteiger charge is -2.12. The highest BCUT2D eigenvalue weighted by Gasteiger charge is 2.16. The van der Waals surface area contributed by atoms with E-state index in [9.17, 15) is 9.59 Å². The molecule has 0 radical (unpaired) electrons. The van der Waals surface area contributed by atoms with Crippen molar-refractivity contribution < 1.29 is 14.3 Å². The van der Waals surface area contributed by atoms with Crippen molar-refractivity contribution in [1.29, 1.82) is 0 Å². The number of carbonyl (C=O) groups is 2. The number of benzene rings is 1. The summed E-state index contributed by atoms with van der Waals surface area (Å²) in [4.78, 5) is 23.4. The van der Waals surface area contributed by atoms with Crippen molar-refractivity contribution in [1.82, 2.24) is 10.9 Å². The predicted molar refractivity (Wildman–Crippen MR) is 88.9 cm³/mol. The second-order valence-corrected chi connectivity index (χ2v) is 6.34. The Morgan fingerprint density at radius 2 is 1.83 bits per heavy atom. The molecule has 23 heavy (non-hydrogen) atoms. The van der Waals surface area contributed by atoms with E-state index in [1.165, 1.54) is 25.7 Å². The van der Waals surface area contributed by atoms with Gasteiger partial charge in [-0.15, -0.1) is 0 Å². The largest absolute Gasteiger partial charge is 0.483 e. The van der Waals surface area contributed by atoms with Crippen LogP contribution in [-0.4, -0.2) is 18.4 Å². The first-order chi connectivity index (χ1) is 11.0. The van der Waals surface area contributed by atoms with Crippen molar-refractivity contribution in [3.05, 3.63) is 29.3 Å². The quantitative estimate of drug-likeness (QED) is 0.793. The van der Waals surface area contributed by atoms with Gasteiger partial charge in [0.25, 0.3) is 5.91 Å². The van der Waals surface area contributed by atoms with E-state index in [-0.39, 0.29) is 18.4 Å². The first-order valence-electron chi connectivity index (χ1n) is 8.32. The van der Waals surface area contributed by atoms with E-state index >= 15 is 0 Å². The van der Waals surface area contributed by atoms with E-state index in [1.807, 2.05) is 32.0 Å². The zero-order valence-electron chi connectivity index (χ0n) is 14.0. The molecule has 0 unspecified atom stereocenters. The number of ether oxygens (including phenoxy) is 1. The molecule has 0 spiro atoms. The van der Waals surface area contributed by atoms with Gasteiger partial charge < -0.3 is 4.74 Å². The van der Waals surface area contributed by atoms with Crippen molar-refractivity contribution in [2.45, 2.75) is 52.4 Å². The Kier molecular flexibility index (Phi) is 6.44. The Balaban J connectivity index is 1.64. The molecule has 2 rings (SSSR count). The smallest absolute Gasteiger partial charge is 0.276 e. The monoisotopic (exact) mass is 318 g/mol.